The summed E-state index contributed by atoms with van der Waals surface area (Å²) in [6.45, 7) is 14.8. The fourth-order valence-corrected chi connectivity index (χ4v) is 2.15. The quantitative estimate of drug-likeness (QED) is 0.635. The molecule has 0 aliphatic rings. The maximum Gasteiger partial charge on any atom is 0.0223 e. The summed E-state index contributed by atoms with van der Waals surface area (Å²) in [5, 5.41) is 3.49. The first kappa shape index (κ1) is 14.9. The number of nitrogens with zero attached hydrogens (tertiary/aromatic N) is 1. The smallest absolute Gasteiger partial charge is 0.0223 e. The van der Waals surface area contributed by atoms with Gasteiger partial charge in [0.15, 0.2) is 0 Å². The van der Waals surface area contributed by atoms with Gasteiger partial charge in [0.1, 0.15) is 0 Å². The highest BCUT2D eigenvalue weighted by atomic mass is 15.2. The zero-order chi connectivity index (χ0) is 11.7. The molecular formula is C13H30N2. The van der Waals surface area contributed by atoms with Crippen LogP contribution in [0.1, 0.15) is 53.9 Å². The molecule has 0 radical (unpaired) electrons. The standard InChI is InChI=1S/C13H30N2/c1-6-9-13(11-14-8-3)15(10-7-2)12(4)5/h12-14H,6-11H2,1-5H3. The average molecular weight is 214 g/mol. The molecule has 1 N–H and O–H groups in total. The van der Waals surface area contributed by atoms with E-state index in [2.05, 4.69) is 44.8 Å². The van der Waals surface area contributed by atoms with Crippen molar-refractivity contribution in [3.63, 3.8) is 0 Å². The largest absolute Gasteiger partial charge is 0.315 e. The highest BCUT2D eigenvalue weighted by Gasteiger charge is 2.18. The molecule has 0 aliphatic heterocycles. The van der Waals surface area contributed by atoms with Crippen molar-refractivity contribution in [1.29, 1.82) is 0 Å². The Balaban J connectivity index is 4.23. The van der Waals surface area contributed by atoms with Gasteiger partial charge in [-0.25, -0.2) is 0 Å². The van der Waals surface area contributed by atoms with E-state index in [9.17, 15) is 0 Å². The predicted octanol–water partition coefficient (Wildman–Crippen LogP) is 2.89. The molecule has 0 rings (SSSR count). The molecule has 0 bridgehead atoms. The molecular weight excluding hydrogens is 184 g/mol. The molecule has 92 valence electrons. The summed E-state index contributed by atoms with van der Waals surface area (Å²) < 4.78 is 0. The van der Waals surface area contributed by atoms with Crippen LogP contribution in [0.15, 0.2) is 0 Å². The van der Waals surface area contributed by atoms with Gasteiger partial charge in [-0.3, -0.25) is 4.90 Å². The third kappa shape index (κ3) is 6.16. The number of hydrogen-bond acceptors (Lipinski definition) is 2. The second-order valence-corrected chi connectivity index (χ2v) is 4.58. The highest BCUT2D eigenvalue weighted by molar-refractivity contribution is 4.76. The van der Waals surface area contributed by atoms with Gasteiger partial charge >= 0.3 is 0 Å². The van der Waals surface area contributed by atoms with Gasteiger partial charge in [0.25, 0.3) is 0 Å². The zero-order valence-corrected chi connectivity index (χ0v) is 11.3. The highest BCUT2D eigenvalue weighted by Crippen LogP contribution is 2.11. The van der Waals surface area contributed by atoms with Gasteiger partial charge in [0.05, 0.1) is 0 Å². The monoisotopic (exact) mass is 214 g/mol. The molecule has 0 saturated carbocycles. The Hall–Kier alpha value is -0.0800. The summed E-state index contributed by atoms with van der Waals surface area (Å²) in [6.07, 6.45) is 3.85. The lowest BCUT2D eigenvalue weighted by Crippen LogP contribution is -2.46. The summed E-state index contributed by atoms with van der Waals surface area (Å²) in [5.74, 6) is 0. The van der Waals surface area contributed by atoms with Crippen LogP contribution in [0.25, 0.3) is 0 Å². The summed E-state index contributed by atoms with van der Waals surface area (Å²) in [6, 6.07) is 1.38. The SMILES string of the molecule is CCCC(CNCC)N(CCC)C(C)C. The van der Waals surface area contributed by atoms with Crippen LogP contribution in [0.3, 0.4) is 0 Å². The maximum atomic E-state index is 3.49. The van der Waals surface area contributed by atoms with Crippen LogP contribution in [0.4, 0.5) is 0 Å². The average Bonchev–Trinajstić information content (AvgIpc) is 2.21. The van der Waals surface area contributed by atoms with E-state index < -0.39 is 0 Å². The van der Waals surface area contributed by atoms with Crippen LogP contribution in [-0.4, -0.2) is 36.6 Å². The normalized spacial score (nSPS) is 13.8. The van der Waals surface area contributed by atoms with Gasteiger partial charge in [-0.15, -0.1) is 0 Å². The van der Waals surface area contributed by atoms with E-state index in [1.54, 1.807) is 0 Å². The van der Waals surface area contributed by atoms with Gasteiger partial charge in [-0.1, -0.05) is 27.2 Å². The molecule has 0 spiro atoms. The van der Waals surface area contributed by atoms with Crippen LogP contribution in [-0.2, 0) is 0 Å². The van der Waals surface area contributed by atoms with Crippen molar-refractivity contribution >= 4 is 0 Å². The molecule has 0 aliphatic carbocycles. The van der Waals surface area contributed by atoms with Crippen LogP contribution in [0, 0.1) is 0 Å². The molecule has 0 saturated heterocycles. The van der Waals surface area contributed by atoms with Crippen molar-refractivity contribution < 1.29 is 0 Å². The Morgan fingerprint density at radius 3 is 2.13 bits per heavy atom. The van der Waals surface area contributed by atoms with Crippen molar-refractivity contribution in [3.05, 3.63) is 0 Å². The van der Waals surface area contributed by atoms with Gasteiger partial charge in [0.2, 0.25) is 0 Å². The van der Waals surface area contributed by atoms with Gasteiger partial charge in [-0.05, 0) is 39.8 Å². The van der Waals surface area contributed by atoms with Crippen LogP contribution in [0.2, 0.25) is 0 Å². The summed E-state index contributed by atoms with van der Waals surface area (Å²) in [7, 11) is 0. The predicted molar refractivity (Wildman–Crippen MR) is 69.4 cm³/mol. The lowest BCUT2D eigenvalue weighted by Gasteiger charge is -2.35. The minimum Gasteiger partial charge on any atom is -0.315 e. The van der Waals surface area contributed by atoms with Crippen molar-refractivity contribution in [2.45, 2.75) is 66.0 Å². The lowest BCUT2D eigenvalue weighted by atomic mass is 10.1. The molecule has 0 aromatic heterocycles. The van der Waals surface area contributed by atoms with Gasteiger partial charge < -0.3 is 5.32 Å². The van der Waals surface area contributed by atoms with E-state index in [0.717, 1.165) is 19.1 Å². The third-order valence-electron chi connectivity index (χ3n) is 2.87. The number of nitrogens with one attached hydrogen (secondary N) is 1. The molecule has 15 heavy (non-hydrogen) atoms. The summed E-state index contributed by atoms with van der Waals surface area (Å²) in [5.41, 5.74) is 0. The topological polar surface area (TPSA) is 15.3 Å². The second kappa shape index (κ2) is 9.17. The minimum absolute atomic E-state index is 0.667. The van der Waals surface area contributed by atoms with Crippen LogP contribution in [0.5, 0.6) is 0 Å². The minimum atomic E-state index is 0.667. The first-order valence-electron chi connectivity index (χ1n) is 6.63. The Morgan fingerprint density at radius 1 is 1.07 bits per heavy atom. The number of rotatable bonds is 9. The van der Waals surface area contributed by atoms with Gasteiger partial charge in [-0.2, -0.15) is 0 Å². The van der Waals surface area contributed by atoms with Crippen molar-refractivity contribution in [2.24, 2.45) is 0 Å². The molecule has 1 atom stereocenters. The zero-order valence-electron chi connectivity index (χ0n) is 11.3. The number of hydrogen-bond donors (Lipinski definition) is 1. The van der Waals surface area contributed by atoms with E-state index >= 15 is 0 Å². The summed E-state index contributed by atoms with van der Waals surface area (Å²) >= 11 is 0. The fraction of sp³-hybridized carbons (Fsp3) is 1.00. The van der Waals surface area contributed by atoms with Crippen LogP contribution >= 0.6 is 0 Å². The first-order valence-corrected chi connectivity index (χ1v) is 6.63. The molecule has 0 fully saturated rings. The molecule has 1 unspecified atom stereocenters. The van der Waals surface area contributed by atoms with E-state index in [-0.39, 0.29) is 0 Å². The van der Waals surface area contributed by atoms with E-state index in [1.165, 1.54) is 25.8 Å². The first-order chi connectivity index (χ1) is 7.17. The van der Waals surface area contributed by atoms with Gasteiger partial charge in [0, 0.05) is 18.6 Å². The maximum absolute atomic E-state index is 3.49. The Bertz CT molecular complexity index is 134. The van der Waals surface area contributed by atoms with Crippen molar-refractivity contribution in [1.82, 2.24) is 10.2 Å². The molecule has 0 aromatic rings. The van der Waals surface area contributed by atoms with E-state index in [0.29, 0.717) is 6.04 Å². The van der Waals surface area contributed by atoms with Crippen LogP contribution < -0.4 is 5.32 Å². The fourth-order valence-electron chi connectivity index (χ4n) is 2.15. The Morgan fingerprint density at radius 2 is 1.73 bits per heavy atom. The van der Waals surface area contributed by atoms with E-state index in [1.807, 2.05) is 0 Å². The second-order valence-electron chi connectivity index (χ2n) is 4.58. The Labute approximate surface area is 96.4 Å². The molecule has 0 aromatic carbocycles. The van der Waals surface area contributed by atoms with Crippen molar-refractivity contribution in [2.75, 3.05) is 19.6 Å². The molecule has 0 heterocycles. The summed E-state index contributed by atoms with van der Waals surface area (Å²) in [4.78, 5) is 2.64. The number of likely N-dealkylation sites (N-methyl/N-ethyl adjacent to an activating group) is 1. The Kier molecular flexibility index (Phi) is 9.12. The molecule has 2 heteroatoms. The van der Waals surface area contributed by atoms with Crippen molar-refractivity contribution in [3.8, 4) is 0 Å². The molecule has 0 amide bonds. The third-order valence-corrected chi connectivity index (χ3v) is 2.87. The van der Waals surface area contributed by atoms with E-state index in [4.69, 9.17) is 0 Å². The lowest BCUT2D eigenvalue weighted by molar-refractivity contribution is 0.142. The molecule has 2 nitrogen and oxygen atoms in total.